The molecule has 4 nitrogen and oxygen atoms in total. The SMILES string of the molecule is CC(C)(C)OC(=O)N1CCC(c2ccc3[nH]ccc3c2)CC1. The van der Waals surface area contributed by atoms with Gasteiger partial charge >= 0.3 is 6.09 Å². The number of benzene rings is 1. The molecule has 0 bridgehead atoms. The second kappa shape index (κ2) is 5.67. The van der Waals surface area contributed by atoms with Crippen LogP contribution in [-0.2, 0) is 4.74 Å². The predicted octanol–water partition coefficient (Wildman–Crippen LogP) is 4.28. The fourth-order valence-electron chi connectivity index (χ4n) is 3.05. The van der Waals surface area contributed by atoms with Crippen LogP contribution < -0.4 is 0 Å². The van der Waals surface area contributed by atoms with Crippen molar-refractivity contribution in [3.8, 4) is 0 Å². The van der Waals surface area contributed by atoms with E-state index in [-0.39, 0.29) is 6.09 Å². The summed E-state index contributed by atoms with van der Waals surface area (Å²) in [5, 5.41) is 1.26. The molecule has 0 aliphatic carbocycles. The van der Waals surface area contributed by atoms with E-state index in [1.54, 1.807) is 0 Å². The van der Waals surface area contributed by atoms with Gasteiger partial charge in [-0.3, -0.25) is 0 Å². The number of amides is 1. The molecule has 0 unspecified atom stereocenters. The maximum absolute atomic E-state index is 12.1. The number of aromatic amines is 1. The molecule has 22 heavy (non-hydrogen) atoms. The Morgan fingerprint density at radius 3 is 2.64 bits per heavy atom. The average Bonchev–Trinajstić information content (AvgIpc) is 2.93. The van der Waals surface area contributed by atoms with Gasteiger partial charge in [0.25, 0.3) is 0 Å². The summed E-state index contributed by atoms with van der Waals surface area (Å²) in [5.41, 5.74) is 2.12. The summed E-state index contributed by atoms with van der Waals surface area (Å²) in [7, 11) is 0. The van der Waals surface area contributed by atoms with Crippen LogP contribution in [0.2, 0.25) is 0 Å². The average molecular weight is 300 g/mol. The van der Waals surface area contributed by atoms with Gasteiger partial charge in [0.05, 0.1) is 0 Å². The number of carbonyl (C=O) groups is 1. The number of nitrogens with zero attached hydrogens (tertiary/aromatic N) is 1. The van der Waals surface area contributed by atoms with Gasteiger partial charge in [-0.25, -0.2) is 4.79 Å². The molecule has 0 spiro atoms. The normalized spacial score (nSPS) is 17.0. The van der Waals surface area contributed by atoms with E-state index in [4.69, 9.17) is 4.74 Å². The molecule has 2 aromatic rings. The molecule has 1 aromatic heterocycles. The van der Waals surface area contributed by atoms with Gasteiger partial charge in [0.15, 0.2) is 0 Å². The number of hydrogen-bond donors (Lipinski definition) is 1. The third kappa shape index (κ3) is 3.26. The number of aromatic nitrogens is 1. The molecule has 1 saturated heterocycles. The van der Waals surface area contributed by atoms with Crippen molar-refractivity contribution in [1.29, 1.82) is 0 Å². The smallest absolute Gasteiger partial charge is 0.410 e. The number of carbonyl (C=O) groups excluding carboxylic acids is 1. The van der Waals surface area contributed by atoms with Crippen LogP contribution in [0.1, 0.15) is 45.1 Å². The lowest BCUT2D eigenvalue weighted by Crippen LogP contribution is -2.41. The van der Waals surface area contributed by atoms with E-state index in [1.165, 1.54) is 16.5 Å². The van der Waals surface area contributed by atoms with Crippen molar-refractivity contribution in [2.24, 2.45) is 0 Å². The number of nitrogens with one attached hydrogen (secondary N) is 1. The Labute approximate surface area is 131 Å². The van der Waals surface area contributed by atoms with Crippen LogP contribution in [0, 0.1) is 0 Å². The van der Waals surface area contributed by atoms with E-state index >= 15 is 0 Å². The Balaban J connectivity index is 1.62. The lowest BCUT2D eigenvalue weighted by molar-refractivity contribution is 0.0205. The van der Waals surface area contributed by atoms with Crippen molar-refractivity contribution in [2.45, 2.75) is 45.1 Å². The fourth-order valence-corrected chi connectivity index (χ4v) is 3.05. The quantitative estimate of drug-likeness (QED) is 0.854. The number of H-pyrrole nitrogens is 1. The van der Waals surface area contributed by atoms with Crippen LogP contribution in [0.3, 0.4) is 0 Å². The molecule has 4 heteroatoms. The van der Waals surface area contributed by atoms with Gasteiger partial charge in [-0.05, 0) is 68.7 Å². The first-order chi connectivity index (χ1) is 10.4. The fraction of sp³-hybridized carbons (Fsp3) is 0.500. The van der Waals surface area contributed by atoms with Crippen molar-refractivity contribution in [1.82, 2.24) is 9.88 Å². The van der Waals surface area contributed by atoms with Crippen LogP contribution in [0.4, 0.5) is 4.79 Å². The number of piperidine rings is 1. The first-order valence-electron chi connectivity index (χ1n) is 7.97. The highest BCUT2D eigenvalue weighted by Gasteiger charge is 2.27. The lowest BCUT2D eigenvalue weighted by atomic mass is 9.89. The third-order valence-electron chi connectivity index (χ3n) is 4.20. The molecule has 0 saturated carbocycles. The highest BCUT2D eigenvalue weighted by molar-refractivity contribution is 5.80. The molecule has 0 atom stereocenters. The minimum Gasteiger partial charge on any atom is -0.444 e. The zero-order valence-corrected chi connectivity index (χ0v) is 13.6. The zero-order valence-electron chi connectivity index (χ0n) is 13.6. The molecular formula is C18H24N2O2. The molecule has 1 aliphatic heterocycles. The monoisotopic (exact) mass is 300 g/mol. The Bertz CT molecular complexity index is 661. The van der Waals surface area contributed by atoms with Crippen LogP contribution in [0.25, 0.3) is 10.9 Å². The van der Waals surface area contributed by atoms with Crippen molar-refractivity contribution in [3.05, 3.63) is 36.0 Å². The van der Waals surface area contributed by atoms with Crippen molar-refractivity contribution in [3.63, 3.8) is 0 Å². The summed E-state index contributed by atoms with van der Waals surface area (Å²) in [5.74, 6) is 0.526. The van der Waals surface area contributed by atoms with E-state index in [2.05, 4.69) is 29.2 Å². The maximum atomic E-state index is 12.1. The van der Waals surface area contributed by atoms with E-state index < -0.39 is 5.60 Å². The van der Waals surface area contributed by atoms with Gasteiger partial charge in [0, 0.05) is 24.8 Å². The summed E-state index contributed by atoms with van der Waals surface area (Å²) in [6.45, 7) is 7.26. The van der Waals surface area contributed by atoms with Gasteiger partial charge in [0.2, 0.25) is 0 Å². The third-order valence-corrected chi connectivity index (χ3v) is 4.20. The number of rotatable bonds is 1. The Hall–Kier alpha value is -1.97. The maximum Gasteiger partial charge on any atom is 0.410 e. The summed E-state index contributed by atoms with van der Waals surface area (Å²) in [4.78, 5) is 17.2. The van der Waals surface area contributed by atoms with Crippen LogP contribution >= 0.6 is 0 Å². The van der Waals surface area contributed by atoms with Gasteiger partial charge < -0.3 is 14.6 Å². The molecule has 1 aromatic carbocycles. The second-order valence-corrected chi connectivity index (χ2v) is 7.07. The predicted molar refractivity (Wildman–Crippen MR) is 88.1 cm³/mol. The Morgan fingerprint density at radius 1 is 1.23 bits per heavy atom. The van der Waals surface area contributed by atoms with E-state index in [0.717, 1.165) is 25.9 Å². The largest absolute Gasteiger partial charge is 0.444 e. The molecule has 2 heterocycles. The molecule has 0 radical (unpaired) electrons. The number of fused-ring (bicyclic) bond motifs is 1. The van der Waals surface area contributed by atoms with Crippen LogP contribution in [-0.4, -0.2) is 34.7 Å². The Kier molecular flexibility index (Phi) is 3.85. The summed E-state index contributed by atoms with van der Waals surface area (Å²) >= 11 is 0. The van der Waals surface area contributed by atoms with Crippen molar-refractivity contribution < 1.29 is 9.53 Å². The first kappa shape index (κ1) is 14.9. The highest BCUT2D eigenvalue weighted by atomic mass is 16.6. The van der Waals surface area contributed by atoms with Crippen LogP contribution in [0.15, 0.2) is 30.5 Å². The minimum absolute atomic E-state index is 0.188. The van der Waals surface area contributed by atoms with Gasteiger partial charge in [-0.2, -0.15) is 0 Å². The van der Waals surface area contributed by atoms with Gasteiger partial charge in [-0.1, -0.05) is 6.07 Å². The molecule has 3 rings (SSSR count). The van der Waals surface area contributed by atoms with E-state index in [1.807, 2.05) is 31.9 Å². The number of likely N-dealkylation sites (tertiary alicyclic amines) is 1. The first-order valence-corrected chi connectivity index (χ1v) is 7.97. The topological polar surface area (TPSA) is 45.3 Å². The standard InChI is InChI=1S/C18H24N2O2/c1-18(2,3)22-17(21)20-10-7-13(8-11-20)14-4-5-16-15(12-14)6-9-19-16/h4-6,9,12-13,19H,7-8,10-11H2,1-3H3. The van der Waals surface area contributed by atoms with Crippen LogP contribution in [0.5, 0.6) is 0 Å². The molecule has 1 amide bonds. The van der Waals surface area contributed by atoms with Gasteiger partial charge in [-0.15, -0.1) is 0 Å². The number of hydrogen-bond acceptors (Lipinski definition) is 2. The Morgan fingerprint density at radius 2 is 1.95 bits per heavy atom. The number of ether oxygens (including phenoxy) is 1. The molecule has 118 valence electrons. The molecule has 1 N–H and O–H groups in total. The highest BCUT2D eigenvalue weighted by Crippen LogP contribution is 2.30. The minimum atomic E-state index is -0.423. The van der Waals surface area contributed by atoms with E-state index in [0.29, 0.717) is 5.92 Å². The summed E-state index contributed by atoms with van der Waals surface area (Å²) in [6, 6.07) is 8.71. The van der Waals surface area contributed by atoms with Crippen molar-refractivity contribution >= 4 is 17.0 Å². The lowest BCUT2D eigenvalue weighted by Gasteiger charge is -2.33. The summed E-state index contributed by atoms with van der Waals surface area (Å²) in [6.07, 6.45) is 3.77. The van der Waals surface area contributed by atoms with Crippen molar-refractivity contribution in [2.75, 3.05) is 13.1 Å². The molecule has 1 aliphatic rings. The molecule has 1 fully saturated rings. The van der Waals surface area contributed by atoms with Gasteiger partial charge in [0.1, 0.15) is 5.60 Å². The summed E-state index contributed by atoms with van der Waals surface area (Å²) < 4.78 is 5.45. The molecular weight excluding hydrogens is 276 g/mol. The second-order valence-electron chi connectivity index (χ2n) is 7.07. The van der Waals surface area contributed by atoms with E-state index in [9.17, 15) is 4.79 Å². The zero-order chi connectivity index (χ0) is 15.7.